The van der Waals surface area contributed by atoms with Crippen LogP contribution in [0.2, 0.25) is 0 Å². The molecule has 3 rings (SSSR count). The number of carbonyl (C=O) groups is 1. The number of hydrogen-bond donors (Lipinski definition) is 0. The number of likely N-dealkylation sites (N-methyl/N-ethyl adjacent to an activating group) is 1. The summed E-state index contributed by atoms with van der Waals surface area (Å²) in [6, 6.07) is 8.18. The summed E-state index contributed by atoms with van der Waals surface area (Å²) in [4.78, 5) is 22.0. The maximum atomic E-state index is 13.4. The van der Waals surface area contributed by atoms with Crippen LogP contribution in [0.3, 0.4) is 0 Å². The highest BCUT2D eigenvalue weighted by atomic mass is 32.1. The second-order valence-electron chi connectivity index (χ2n) is 6.90. The smallest absolute Gasteiger partial charge is 0.278 e. The van der Waals surface area contributed by atoms with Gasteiger partial charge in [0.25, 0.3) is 5.91 Å². The van der Waals surface area contributed by atoms with Crippen LogP contribution < -0.4 is 4.90 Å². The molecule has 27 heavy (non-hydrogen) atoms. The number of benzene rings is 1. The van der Waals surface area contributed by atoms with Gasteiger partial charge in [0, 0.05) is 19.6 Å². The number of amides is 1. The van der Waals surface area contributed by atoms with E-state index in [1.807, 2.05) is 40.1 Å². The molecule has 0 aliphatic carbocycles. The Labute approximate surface area is 164 Å². The molecule has 1 amide bonds. The Morgan fingerprint density at radius 3 is 2.63 bits per heavy atom. The topological polar surface area (TPSA) is 54.3 Å². The SMILES string of the molecule is CCc1ccc2nc(N(CCN(C)C)C(=O)c3cc(C)nn3CC)sc2c1. The number of carbonyl (C=O) groups excluding carboxylic acids is 1. The minimum absolute atomic E-state index is 0.0472. The molecule has 0 bridgehead atoms. The van der Waals surface area contributed by atoms with Crippen molar-refractivity contribution in [1.82, 2.24) is 19.7 Å². The van der Waals surface area contributed by atoms with E-state index in [2.05, 4.69) is 29.1 Å². The molecular weight excluding hydrogens is 358 g/mol. The second-order valence-corrected chi connectivity index (χ2v) is 7.91. The molecule has 0 atom stereocenters. The molecule has 0 N–H and O–H groups in total. The van der Waals surface area contributed by atoms with E-state index in [-0.39, 0.29) is 5.91 Å². The van der Waals surface area contributed by atoms with E-state index in [9.17, 15) is 4.79 Å². The molecular formula is C20H27N5OS. The quantitative estimate of drug-likeness (QED) is 0.624. The zero-order valence-electron chi connectivity index (χ0n) is 16.7. The maximum absolute atomic E-state index is 13.4. The van der Waals surface area contributed by atoms with Crippen molar-refractivity contribution in [2.75, 3.05) is 32.1 Å². The number of anilines is 1. The number of nitrogens with zero attached hydrogens (tertiary/aromatic N) is 5. The van der Waals surface area contributed by atoms with Crippen molar-refractivity contribution in [1.29, 1.82) is 0 Å². The number of fused-ring (bicyclic) bond motifs is 1. The lowest BCUT2D eigenvalue weighted by atomic mass is 10.2. The third-order valence-electron chi connectivity index (χ3n) is 4.52. The van der Waals surface area contributed by atoms with Crippen molar-refractivity contribution >= 4 is 32.6 Å². The van der Waals surface area contributed by atoms with Crippen molar-refractivity contribution in [2.45, 2.75) is 33.7 Å². The first kappa shape index (κ1) is 19.5. The molecule has 144 valence electrons. The Balaban J connectivity index is 2.01. The van der Waals surface area contributed by atoms with E-state index >= 15 is 0 Å². The monoisotopic (exact) mass is 385 g/mol. The van der Waals surface area contributed by atoms with Crippen molar-refractivity contribution in [3.8, 4) is 0 Å². The van der Waals surface area contributed by atoms with Crippen LogP contribution in [-0.4, -0.2) is 52.8 Å². The Hall–Kier alpha value is -2.25. The average molecular weight is 386 g/mol. The van der Waals surface area contributed by atoms with Crippen LogP contribution in [0.5, 0.6) is 0 Å². The zero-order valence-corrected chi connectivity index (χ0v) is 17.5. The molecule has 0 aliphatic rings. The Morgan fingerprint density at radius 2 is 1.96 bits per heavy atom. The summed E-state index contributed by atoms with van der Waals surface area (Å²) in [6.45, 7) is 8.07. The lowest BCUT2D eigenvalue weighted by Crippen LogP contribution is -2.37. The maximum Gasteiger partial charge on any atom is 0.278 e. The summed E-state index contributed by atoms with van der Waals surface area (Å²) >= 11 is 1.58. The highest BCUT2D eigenvalue weighted by Gasteiger charge is 2.24. The Bertz CT molecular complexity index is 943. The van der Waals surface area contributed by atoms with Crippen LogP contribution in [0.1, 0.15) is 35.6 Å². The van der Waals surface area contributed by atoms with Gasteiger partial charge in [-0.2, -0.15) is 5.10 Å². The molecule has 0 unspecified atom stereocenters. The molecule has 0 radical (unpaired) electrons. The lowest BCUT2D eigenvalue weighted by Gasteiger charge is -2.22. The molecule has 0 spiro atoms. The van der Waals surface area contributed by atoms with E-state index in [4.69, 9.17) is 4.98 Å². The predicted octanol–water partition coefficient (Wildman–Crippen LogP) is 3.59. The third-order valence-corrected chi connectivity index (χ3v) is 5.56. The Morgan fingerprint density at radius 1 is 1.19 bits per heavy atom. The van der Waals surface area contributed by atoms with Crippen molar-refractivity contribution in [3.63, 3.8) is 0 Å². The number of thiazole rings is 1. The number of aromatic nitrogens is 3. The third kappa shape index (κ3) is 4.20. The van der Waals surface area contributed by atoms with Crippen LogP contribution in [0, 0.1) is 6.92 Å². The van der Waals surface area contributed by atoms with E-state index in [0.717, 1.165) is 34.0 Å². The summed E-state index contributed by atoms with van der Waals surface area (Å²) in [6.07, 6.45) is 0.988. The molecule has 3 aromatic rings. The summed E-state index contributed by atoms with van der Waals surface area (Å²) in [5, 5.41) is 5.17. The zero-order chi connectivity index (χ0) is 19.6. The molecule has 0 fully saturated rings. The molecule has 2 heterocycles. The molecule has 1 aromatic carbocycles. The van der Waals surface area contributed by atoms with Crippen LogP contribution >= 0.6 is 11.3 Å². The minimum Gasteiger partial charge on any atom is -0.308 e. The fourth-order valence-electron chi connectivity index (χ4n) is 2.97. The number of aryl methyl sites for hydroxylation is 3. The second kappa shape index (κ2) is 8.19. The van der Waals surface area contributed by atoms with Gasteiger partial charge in [-0.25, -0.2) is 4.98 Å². The molecule has 6 nitrogen and oxygen atoms in total. The number of rotatable bonds is 7. The summed E-state index contributed by atoms with van der Waals surface area (Å²) in [5.41, 5.74) is 3.69. The summed E-state index contributed by atoms with van der Waals surface area (Å²) in [5.74, 6) is -0.0472. The first-order chi connectivity index (χ1) is 12.9. The first-order valence-corrected chi connectivity index (χ1v) is 10.1. The van der Waals surface area contributed by atoms with Crippen molar-refractivity contribution in [3.05, 3.63) is 41.2 Å². The van der Waals surface area contributed by atoms with Gasteiger partial charge in [-0.15, -0.1) is 0 Å². The molecule has 0 aliphatic heterocycles. The van der Waals surface area contributed by atoms with Gasteiger partial charge in [0.2, 0.25) is 0 Å². The van der Waals surface area contributed by atoms with Gasteiger partial charge in [0.1, 0.15) is 5.69 Å². The largest absolute Gasteiger partial charge is 0.308 e. The summed E-state index contributed by atoms with van der Waals surface area (Å²) in [7, 11) is 4.02. The van der Waals surface area contributed by atoms with Gasteiger partial charge in [0.15, 0.2) is 5.13 Å². The fourth-order valence-corrected chi connectivity index (χ4v) is 4.03. The summed E-state index contributed by atoms with van der Waals surface area (Å²) < 4.78 is 2.88. The van der Waals surface area contributed by atoms with Crippen LogP contribution in [0.25, 0.3) is 10.2 Å². The van der Waals surface area contributed by atoms with Crippen LogP contribution in [-0.2, 0) is 13.0 Å². The van der Waals surface area contributed by atoms with E-state index < -0.39 is 0 Å². The van der Waals surface area contributed by atoms with Crippen molar-refractivity contribution < 1.29 is 4.79 Å². The fraction of sp³-hybridized carbons (Fsp3) is 0.450. The normalized spacial score (nSPS) is 11.5. The van der Waals surface area contributed by atoms with Gasteiger partial charge in [-0.1, -0.05) is 24.3 Å². The highest BCUT2D eigenvalue weighted by molar-refractivity contribution is 7.22. The predicted molar refractivity (Wildman–Crippen MR) is 112 cm³/mol. The van der Waals surface area contributed by atoms with E-state index in [1.54, 1.807) is 20.9 Å². The first-order valence-electron chi connectivity index (χ1n) is 9.33. The van der Waals surface area contributed by atoms with Gasteiger partial charge in [-0.05, 0) is 58.1 Å². The standard InChI is InChI=1S/C20H27N5OS/c1-6-15-8-9-16-18(13-15)27-20(21-16)24(11-10-23(4)5)19(26)17-12-14(3)22-25(17)7-2/h8-9,12-13H,6-7,10-11H2,1-5H3. The van der Waals surface area contributed by atoms with Crippen LogP contribution in [0.15, 0.2) is 24.3 Å². The van der Waals surface area contributed by atoms with Gasteiger partial charge >= 0.3 is 0 Å². The van der Waals surface area contributed by atoms with Gasteiger partial charge < -0.3 is 4.90 Å². The van der Waals surface area contributed by atoms with E-state index in [1.165, 1.54) is 5.56 Å². The lowest BCUT2D eigenvalue weighted by molar-refractivity contribution is 0.0975. The molecule has 0 saturated carbocycles. The molecule has 7 heteroatoms. The van der Waals surface area contributed by atoms with Crippen LogP contribution in [0.4, 0.5) is 5.13 Å². The molecule has 2 aromatic heterocycles. The molecule has 0 saturated heterocycles. The van der Waals surface area contributed by atoms with Gasteiger partial charge in [-0.3, -0.25) is 14.4 Å². The average Bonchev–Trinajstić information content (AvgIpc) is 3.23. The number of hydrogen-bond acceptors (Lipinski definition) is 5. The Kier molecular flexibility index (Phi) is 5.92. The highest BCUT2D eigenvalue weighted by Crippen LogP contribution is 2.30. The van der Waals surface area contributed by atoms with E-state index in [0.29, 0.717) is 18.8 Å². The minimum atomic E-state index is -0.0472. The van der Waals surface area contributed by atoms with Crippen molar-refractivity contribution in [2.24, 2.45) is 0 Å². The van der Waals surface area contributed by atoms with Gasteiger partial charge in [0.05, 0.1) is 15.9 Å².